The molecule has 0 saturated carbocycles. The van der Waals surface area contributed by atoms with E-state index < -0.39 is 26.6 Å². The predicted octanol–water partition coefficient (Wildman–Crippen LogP) is 2.09. The maximum Gasteiger partial charge on any atom is 0.251 e. The fraction of sp³-hybridized carbons (Fsp3) is 0.316. The molecule has 1 saturated heterocycles. The molecule has 0 aliphatic carbocycles. The van der Waals surface area contributed by atoms with E-state index >= 15 is 0 Å². The number of hydrogen-bond donors (Lipinski definition) is 1. The summed E-state index contributed by atoms with van der Waals surface area (Å²) in [6.45, 7) is 3.08. The highest BCUT2D eigenvalue weighted by molar-refractivity contribution is 7.89. The molecule has 0 aromatic heterocycles. The van der Waals surface area contributed by atoms with Crippen LogP contribution in [0, 0.1) is 12.7 Å². The number of halogens is 1. The van der Waals surface area contributed by atoms with Gasteiger partial charge >= 0.3 is 0 Å². The summed E-state index contributed by atoms with van der Waals surface area (Å²) in [6.07, 6.45) is 0. The van der Waals surface area contributed by atoms with Crippen molar-refractivity contribution in [1.29, 1.82) is 0 Å². The molecule has 2 aromatic carbocycles. The molecule has 0 spiro atoms. The predicted molar refractivity (Wildman–Crippen MR) is 98.3 cm³/mol. The summed E-state index contributed by atoms with van der Waals surface area (Å²) in [6, 6.07) is 11.0. The zero-order valence-electron chi connectivity index (χ0n) is 14.9. The van der Waals surface area contributed by atoms with Gasteiger partial charge in [0.25, 0.3) is 5.91 Å². The smallest absolute Gasteiger partial charge is 0.251 e. The number of carbonyl (C=O) groups is 1. The Labute approximate surface area is 158 Å². The van der Waals surface area contributed by atoms with Crippen LogP contribution in [0.3, 0.4) is 0 Å². The Balaban J connectivity index is 1.80. The summed E-state index contributed by atoms with van der Waals surface area (Å²) >= 11 is 0. The molecule has 1 fully saturated rings. The number of amides is 1. The second-order valence-electron chi connectivity index (χ2n) is 6.27. The Morgan fingerprint density at radius 1 is 1.19 bits per heavy atom. The Morgan fingerprint density at radius 2 is 1.89 bits per heavy atom. The Bertz CT molecular complexity index is 940. The zero-order chi connectivity index (χ0) is 19.4. The fourth-order valence-corrected chi connectivity index (χ4v) is 4.35. The zero-order valence-corrected chi connectivity index (χ0v) is 15.8. The summed E-state index contributed by atoms with van der Waals surface area (Å²) in [5, 5.41) is 2.74. The number of nitrogens with zero attached hydrogens (tertiary/aromatic N) is 1. The Kier molecular flexibility index (Phi) is 5.88. The number of benzene rings is 2. The highest BCUT2D eigenvalue weighted by Crippen LogP contribution is 2.22. The van der Waals surface area contributed by atoms with Crippen LogP contribution in [0.1, 0.15) is 21.5 Å². The molecule has 0 unspecified atom stereocenters. The monoisotopic (exact) mass is 392 g/mol. The van der Waals surface area contributed by atoms with Crippen molar-refractivity contribution in [2.45, 2.75) is 18.4 Å². The van der Waals surface area contributed by atoms with Crippen molar-refractivity contribution in [1.82, 2.24) is 9.62 Å². The van der Waals surface area contributed by atoms with Crippen LogP contribution in [0.4, 0.5) is 4.39 Å². The molecule has 1 heterocycles. The summed E-state index contributed by atoms with van der Waals surface area (Å²) < 4.78 is 45.9. The first kappa shape index (κ1) is 19.5. The van der Waals surface area contributed by atoms with Gasteiger partial charge in [-0.3, -0.25) is 4.79 Å². The summed E-state index contributed by atoms with van der Waals surface area (Å²) in [4.78, 5) is 11.9. The fourth-order valence-electron chi connectivity index (χ4n) is 2.85. The van der Waals surface area contributed by atoms with Gasteiger partial charge in [-0.1, -0.05) is 24.3 Å². The Morgan fingerprint density at radius 3 is 2.59 bits per heavy atom. The number of nitrogens with one attached hydrogen (secondary N) is 1. The third-order valence-corrected chi connectivity index (χ3v) is 6.40. The summed E-state index contributed by atoms with van der Waals surface area (Å²) in [5.41, 5.74) is 2.08. The molecule has 0 atom stereocenters. The highest BCUT2D eigenvalue weighted by atomic mass is 32.2. The molecule has 0 radical (unpaired) electrons. The molecular formula is C19H21FN2O4S. The van der Waals surface area contributed by atoms with Crippen molar-refractivity contribution in [3.05, 3.63) is 65.0 Å². The molecule has 3 rings (SSSR count). The van der Waals surface area contributed by atoms with Gasteiger partial charge in [0.15, 0.2) is 0 Å². The average molecular weight is 392 g/mol. The molecule has 1 aliphatic heterocycles. The third-order valence-electron chi connectivity index (χ3n) is 4.48. The topological polar surface area (TPSA) is 75.7 Å². The average Bonchev–Trinajstić information content (AvgIpc) is 2.68. The molecular weight excluding hydrogens is 371 g/mol. The Hall–Kier alpha value is -2.29. The number of ether oxygens (including phenoxy) is 1. The molecule has 27 heavy (non-hydrogen) atoms. The van der Waals surface area contributed by atoms with Crippen molar-refractivity contribution < 1.29 is 22.3 Å². The van der Waals surface area contributed by atoms with Crippen molar-refractivity contribution in [2.24, 2.45) is 0 Å². The van der Waals surface area contributed by atoms with Crippen LogP contribution < -0.4 is 5.32 Å². The van der Waals surface area contributed by atoms with Crippen LogP contribution in [0.25, 0.3) is 0 Å². The minimum Gasteiger partial charge on any atom is -0.379 e. The van der Waals surface area contributed by atoms with Crippen LogP contribution in [0.2, 0.25) is 0 Å². The molecule has 0 bridgehead atoms. The first-order chi connectivity index (χ1) is 12.9. The molecule has 144 valence electrons. The number of morpholine rings is 1. The van der Waals surface area contributed by atoms with E-state index in [0.29, 0.717) is 6.54 Å². The lowest BCUT2D eigenvalue weighted by Crippen LogP contribution is -2.41. The maximum atomic E-state index is 14.2. The summed E-state index contributed by atoms with van der Waals surface area (Å²) in [7, 11) is -4.02. The highest BCUT2D eigenvalue weighted by Gasteiger charge is 2.29. The van der Waals surface area contributed by atoms with E-state index in [1.807, 2.05) is 31.2 Å². The van der Waals surface area contributed by atoms with E-state index in [-0.39, 0.29) is 31.9 Å². The number of aryl methyl sites for hydroxylation is 1. The lowest BCUT2D eigenvalue weighted by Gasteiger charge is -2.26. The standard InChI is InChI=1S/C19H21FN2O4S/c1-14-4-2-3-5-16(14)13-21-19(23)15-6-7-17(20)18(12-15)27(24,25)22-8-10-26-11-9-22/h2-7,12H,8-11,13H2,1H3,(H,21,23). The second kappa shape index (κ2) is 8.16. The molecule has 2 aromatic rings. The van der Waals surface area contributed by atoms with Crippen LogP contribution in [0.5, 0.6) is 0 Å². The van der Waals surface area contributed by atoms with E-state index in [1.54, 1.807) is 0 Å². The molecule has 1 aliphatic rings. The van der Waals surface area contributed by atoms with Crippen molar-refractivity contribution in [3.63, 3.8) is 0 Å². The molecule has 6 nitrogen and oxygen atoms in total. The lowest BCUT2D eigenvalue weighted by atomic mass is 10.1. The molecule has 1 amide bonds. The van der Waals surface area contributed by atoms with Crippen molar-refractivity contribution in [3.8, 4) is 0 Å². The largest absolute Gasteiger partial charge is 0.379 e. The maximum absolute atomic E-state index is 14.2. The SMILES string of the molecule is Cc1ccccc1CNC(=O)c1ccc(F)c(S(=O)(=O)N2CCOCC2)c1. The van der Waals surface area contributed by atoms with E-state index in [0.717, 1.165) is 23.3 Å². The number of carbonyl (C=O) groups excluding carboxylic acids is 1. The first-order valence-corrected chi connectivity index (χ1v) is 10.0. The second-order valence-corrected chi connectivity index (χ2v) is 8.18. The number of hydrogen-bond acceptors (Lipinski definition) is 4. The van der Waals surface area contributed by atoms with Gasteiger partial charge in [-0.05, 0) is 36.2 Å². The van der Waals surface area contributed by atoms with E-state index in [4.69, 9.17) is 4.74 Å². The molecule has 8 heteroatoms. The molecule has 1 N–H and O–H groups in total. The van der Waals surface area contributed by atoms with Gasteiger partial charge in [-0.15, -0.1) is 0 Å². The van der Waals surface area contributed by atoms with Gasteiger partial charge in [0.05, 0.1) is 13.2 Å². The van der Waals surface area contributed by atoms with Crippen LogP contribution in [-0.4, -0.2) is 44.9 Å². The van der Waals surface area contributed by atoms with Crippen LogP contribution >= 0.6 is 0 Å². The third kappa shape index (κ3) is 4.35. The lowest BCUT2D eigenvalue weighted by molar-refractivity contribution is 0.0729. The normalized spacial score (nSPS) is 15.5. The van der Waals surface area contributed by atoms with Crippen molar-refractivity contribution >= 4 is 15.9 Å². The van der Waals surface area contributed by atoms with Gasteiger partial charge in [0, 0.05) is 25.2 Å². The van der Waals surface area contributed by atoms with E-state index in [2.05, 4.69) is 5.32 Å². The van der Waals surface area contributed by atoms with Gasteiger partial charge in [-0.2, -0.15) is 4.31 Å². The van der Waals surface area contributed by atoms with Gasteiger partial charge in [0.2, 0.25) is 10.0 Å². The number of sulfonamides is 1. The van der Waals surface area contributed by atoms with E-state index in [1.165, 1.54) is 10.4 Å². The first-order valence-electron chi connectivity index (χ1n) is 8.60. The minimum absolute atomic E-state index is 0.0943. The van der Waals surface area contributed by atoms with Crippen LogP contribution in [-0.2, 0) is 21.3 Å². The number of rotatable bonds is 5. The quantitative estimate of drug-likeness (QED) is 0.845. The van der Waals surface area contributed by atoms with E-state index in [9.17, 15) is 17.6 Å². The van der Waals surface area contributed by atoms with Gasteiger partial charge in [-0.25, -0.2) is 12.8 Å². The minimum atomic E-state index is -4.02. The summed E-state index contributed by atoms with van der Waals surface area (Å²) in [5.74, 6) is -1.34. The van der Waals surface area contributed by atoms with Crippen LogP contribution in [0.15, 0.2) is 47.4 Å². The van der Waals surface area contributed by atoms with Gasteiger partial charge < -0.3 is 10.1 Å². The van der Waals surface area contributed by atoms with Crippen molar-refractivity contribution in [2.75, 3.05) is 26.3 Å². The van der Waals surface area contributed by atoms with Gasteiger partial charge in [0.1, 0.15) is 10.7 Å².